The quantitative estimate of drug-likeness (QED) is 0.152. The normalized spacial score (nSPS) is 13.0. The van der Waals surface area contributed by atoms with Crippen LogP contribution in [0.1, 0.15) is 79.0 Å². The Morgan fingerprint density at radius 1 is 0.444 bits per heavy atom. The summed E-state index contributed by atoms with van der Waals surface area (Å²) in [4.78, 5) is 9.76. The molecule has 0 saturated carbocycles. The van der Waals surface area contributed by atoms with Crippen molar-refractivity contribution in [1.29, 1.82) is 0 Å². The summed E-state index contributed by atoms with van der Waals surface area (Å²) in [6, 6.07) is 65.6. The molecule has 0 N–H and O–H groups in total. The van der Waals surface area contributed by atoms with Crippen LogP contribution >= 0.6 is 0 Å². The van der Waals surface area contributed by atoms with Gasteiger partial charge in [0.1, 0.15) is 29.8 Å². The lowest BCUT2D eigenvalue weighted by Gasteiger charge is -2.28. The fourth-order valence-corrected chi connectivity index (χ4v) is 10.2. The molecule has 0 amide bonds. The predicted octanol–water partition coefficient (Wildman–Crippen LogP) is 18.3. The first-order chi connectivity index (χ1) is 34.5. The maximum absolute atomic E-state index is 14.5. The molecule has 72 heavy (non-hydrogen) atoms. The van der Waals surface area contributed by atoms with Crippen molar-refractivity contribution in [2.45, 2.75) is 78.6 Å². The number of fused-ring (bicyclic) bond motifs is 4. The van der Waals surface area contributed by atoms with E-state index < -0.39 is 0 Å². The van der Waals surface area contributed by atoms with E-state index in [2.05, 4.69) is 240 Å². The predicted molar refractivity (Wildman–Crippen MR) is 299 cm³/mol. The molecular weight excluding hydrogens is 884 g/mol. The highest BCUT2D eigenvalue weighted by Crippen LogP contribution is 2.51. The third-order valence-electron chi connectivity index (χ3n) is 14.2. The summed E-state index contributed by atoms with van der Waals surface area (Å²) in [5.41, 5.74) is 16.2. The highest BCUT2D eigenvalue weighted by Gasteiger charge is 2.32. The van der Waals surface area contributed by atoms with Gasteiger partial charge in [0.15, 0.2) is 0 Å². The molecule has 2 aromatic heterocycles. The second kappa shape index (κ2) is 17.7. The number of para-hydroxylation sites is 4. The Kier molecular flexibility index (Phi) is 11.4. The molecular formula is C66H61FN4O. The molecule has 0 aliphatic carbocycles. The number of aromatic nitrogens is 2. The van der Waals surface area contributed by atoms with Gasteiger partial charge in [-0.1, -0.05) is 172 Å². The molecule has 5 nitrogen and oxygen atoms in total. The monoisotopic (exact) mass is 944 g/mol. The lowest BCUT2D eigenvalue weighted by Crippen LogP contribution is -2.25. The zero-order chi connectivity index (χ0) is 50.1. The van der Waals surface area contributed by atoms with E-state index in [9.17, 15) is 4.39 Å². The van der Waals surface area contributed by atoms with Crippen molar-refractivity contribution >= 4 is 44.6 Å². The molecule has 0 radical (unpaired) electrons. The van der Waals surface area contributed by atoms with Crippen LogP contribution in [-0.4, -0.2) is 16.2 Å². The molecule has 8 aromatic carbocycles. The van der Waals surface area contributed by atoms with Crippen LogP contribution in [0.4, 0.5) is 27.1 Å². The van der Waals surface area contributed by atoms with Crippen LogP contribution in [0.2, 0.25) is 0 Å². The van der Waals surface area contributed by atoms with Crippen molar-refractivity contribution in [3.8, 4) is 50.7 Å². The summed E-state index contributed by atoms with van der Waals surface area (Å²) >= 11 is 0. The van der Waals surface area contributed by atoms with E-state index in [1.54, 1.807) is 12.1 Å². The van der Waals surface area contributed by atoms with Crippen LogP contribution in [0, 0.1) is 5.82 Å². The molecule has 0 saturated heterocycles. The number of hydrogen-bond acceptors (Lipinski definition) is 4. The fraction of sp³-hybridized carbons (Fsp3) is 0.197. The lowest BCUT2D eigenvalue weighted by molar-refractivity contribution is 0.483. The number of halogens is 1. The second-order valence-corrected chi connectivity index (χ2v) is 22.4. The summed E-state index contributed by atoms with van der Waals surface area (Å²) in [6.45, 7) is 21.0. The average molecular weight is 945 g/mol. The van der Waals surface area contributed by atoms with Crippen LogP contribution in [-0.2, 0) is 16.2 Å². The summed E-state index contributed by atoms with van der Waals surface area (Å²) in [6.07, 6.45) is 1.92. The van der Waals surface area contributed by atoms with Crippen molar-refractivity contribution in [1.82, 2.24) is 9.55 Å². The third-order valence-corrected chi connectivity index (χ3v) is 14.2. The average Bonchev–Trinajstić information content (AvgIpc) is 3.92. The van der Waals surface area contributed by atoms with E-state index in [-0.39, 0.29) is 22.1 Å². The third kappa shape index (κ3) is 8.70. The summed E-state index contributed by atoms with van der Waals surface area (Å²) in [5.74, 6) is 2.06. The van der Waals surface area contributed by atoms with Crippen molar-refractivity contribution in [3.63, 3.8) is 0 Å². The molecule has 0 unspecified atom stereocenters. The number of benzene rings is 8. The standard InChI is InChI=1S/C66H61FN4O/c1-64(2,3)47-32-33-68-62(39-47)71-58-23-14-13-20-56(58)57-31-30-52(41-61(57)71)72-53-37-46(45-34-48(65(4,5)6)38-49(35-45)66(7,8)9)36-51(40-53)69-42-70(60-25-16-15-24-59(60)69)63-54(43-18-11-10-12-19-43)21-17-22-55(63)44-26-28-50(67)29-27-44/h10-41H,42H2,1-9H3. The van der Waals surface area contributed by atoms with Gasteiger partial charge in [0.25, 0.3) is 0 Å². The topological polar surface area (TPSA) is 33.5 Å². The molecule has 0 spiro atoms. The first kappa shape index (κ1) is 46.4. The number of nitrogens with zero attached hydrogens (tertiary/aromatic N) is 4. The van der Waals surface area contributed by atoms with Crippen molar-refractivity contribution in [3.05, 3.63) is 217 Å². The van der Waals surface area contributed by atoms with E-state index in [1.807, 2.05) is 18.3 Å². The molecule has 11 rings (SSSR count). The molecule has 1 aliphatic rings. The van der Waals surface area contributed by atoms with Gasteiger partial charge in [-0.15, -0.1) is 0 Å². The van der Waals surface area contributed by atoms with Gasteiger partial charge in [-0.3, -0.25) is 4.57 Å². The largest absolute Gasteiger partial charge is 0.457 e. The van der Waals surface area contributed by atoms with Gasteiger partial charge in [0.2, 0.25) is 0 Å². The van der Waals surface area contributed by atoms with Gasteiger partial charge < -0.3 is 14.5 Å². The van der Waals surface area contributed by atoms with E-state index in [0.29, 0.717) is 6.67 Å². The number of hydrogen-bond donors (Lipinski definition) is 0. The Bertz CT molecular complexity index is 3630. The van der Waals surface area contributed by atoms with Crippen LogP contribution in [0.3, 0.4) is 0 Å². The highest BCUT2D eigenvalue weighted by molar-refractivity contribution is 6.09. The zero-order valence-corrected chi connectivity index (χ0v) is 42.8. The fourth-order valence-electron chi connectivity index (χ4n) is 10.2. The molecule has 0 bridgehead atoms. The van der Waals surface area contributed by atoms with Gasteiger partial charge in [-0.25, -0.2) is 9.37 Å². The van der Waals surface area contributed by atoms with Gasteiger partial charge in [0, 0.05) is 45.9 Å². The van der Waals surface area contributed by atoms with E-state index in [1.165, 1.54) is 16.7 Å². The van der Waals surface area contributed by atoms with Gasteiger partial charge >= 0.3 is 0 Å². The Balaban J connectivity index is 1.09. The van der Waals surface area contributed by atoms with Crippen molar-refractivity contribution < 1.29 is 9.13 Å². The maximum Gasteiger partial charge on any atom is 0.137 e. The van der Waals surface area contributed by atoms with Crippen molar-refractivity contribution in [2.24, 2.45) is 0 Å². The molecule has 6 heteroatoms. The van der Waals surface area contributed by atoms with Crippen LogP contribution in [0.5, 0.6) is 11.5 Å². The highest BCUT2D eigenvalue weighted by atomic mass is 19.1. The SMILES string of the molecule is CC(C)(C)c1cc(-c2cc(Oc3ccc4c5ccccc5n(-c5cc(C(C)(C)C)ccn5)c4c3)cc(N3CN(c4c(-c5ccccc5)cccc4-c4ccc(F)cc4)c4ccccc43)c2)cc(C(C)(C)C)c1. The first-order valence-corrected chi connectivity index (χ1v) is 25.1. The van der Waals surface area contributed by atoms with Crippen LogP contribution < -0.4 is 14.5 Å². The Labute approximate surface area is 423 Å². The minimum Gasteiger partial charge on any atom is -0.457 e. The van der Waals surface area contributed by atoms with E-state index >= 15 is 0 Å². The number of anilines is 4. The number of pyridine rings is 1. The van der Waals surface area contributed by atoms with E-state index in [4.69, 9.17) is 9.72 Å². The number of ether oxygens (including phenoxy) is 1. The summed E-state index contributed by atoms with van der Waals surface area (Å²) in [5, 5.41) is 2.29. The summed E-state index contributed by atoms with van der Waals surface area (Å²) < 4.78 is 23.9. The van der Waals surface area contributed by atoms with Crippen LogP contribution in [0.25, 0.3) is 61.0 Å². The van der Waals surface area contributed by atoms with Gasteiger partial charge in [-0.05, 0) is 122 Å². The molecule has 1 aliphatic heterocycles. The Morgan fingerprint density at radius 3 is 1.72 bits per heavy atom. The molecule has 10 aromatic rings. The summed E-state index contributed by atoms with van der Waals surface area (Å²) in [7, 11) is 0. The smallest absolute Gasteiger partial charge is 0.137 e. The minimum absolute atomic E-state index is 0.0451. The Morgan fingerprint density at radius 2 is 1.04 bits per heavy atom. The van der Waals surface area contributed by atoms with Crippen molar-refractivity contribution in [2.75, 3.05) is 16.5 Å². The maximum atomic E-state index is 14.5. The molecule has 358 valence electrons. The second-order valence-electron chi connectivity index (χ2n) is 22.4. The Hall–Kier alpha value is -7.96. The number of rotatable bonds is 8. The lowest BCUT2D eigenvalue weighted by atomic mass is 9.79. The first-order valence-electron chi connectivity index (χ1n) is 25.1. The molecule has 3 heterocycles. The van der Waals surface area contributed by atoms with Gasteiger partial charge in [-0.2, -0.15) is 0 Å². The zero-order valence-electron chi connectivity index (χ0n) is 42.8. The molecule has 0 fully saturated rings. The van der Waals surface area contributed by atoms with Gasteiger partial charge in [0.05, 0.1) is 28.1 Å². The minimum atomic E-state index is -0.261. The van der Waals surface area contributed by atoms with Crippen LogP contribution in [0.15, 0.2) is 194 Å². The molecule has 0 atom stereocenters. The van der Waals surface area contributed by atoms with E-state index in [0.717, 1.165) is 95.3 Å².